The second-order valence-electron chi connectivity index (χ2n) is 4.22. The Bertz CT molecular complexity index is 318. The first-order chi connectivity index (χ1) is 8.27. The molecule has 1 aliphatic heterocycles. The van der Waals surface area contributed by atoms with Crippen LogP contribution in [0.5, 0.6) is 0 Å². The molecule has 1 saturated heterocycles. The van der Waals surface area contributed by atoms with Crippen molar-refractivity contribution in [3.8, 4) is 0 Å². The molecule has 2 heterocycles. The second kappa shape index (κ2) is 6.42. The summed E-state index contributed by atoms with van der Waals surface area (Å²) in [6, 6.07) is 2.60. The minimum Gasteiger partial charge on any atom is -0.374 e. The number of likely N-dealkylation sites (tertiary alicyclic amines) is 1. The second-order valence-corrected chi connectivity index (χ2v) is 5.00. The number of halogens is 2. The van der Waals surface area contributed by atoms with Crippen LogP contribution >= 0.6 is 11.3 Å². The van der Waals surface area contributed by atoms with Crippen LogP contribution in [0.1, 0.15) is 24.4 Å². The number of thiophene rings is 1. The lowest BCUT2D eigenvalue weighted by atomic mass is 10.1. The number of hydrogen-bond acceptors (Lipinski definition) is 3. The molecule has 2 rings (SSSR count). The third kappa shape index (κ3) is 3.72. The lowest BCUT2D eigenvalue weighted by Crippen LogP contribution is -2.27. The van der Waals surface area contributed by atoms with Gasteiger partial charge in [-0.1, -0.05) is 0 Å². The number of hydrogen-bond donors (Lipinski definition) is 0. The molecule has 0 N–H and O–H groups in total. The Morgan fingerprint density at radius 2 is 2.41 bits per heavy atom. The van der Waals surface area contributed by atoms with Crippen LogP contribution in [0.15, 0.2) is 16.8 Å². The van der Waals surface area contributed by atoms with Crippen molar-refractivity contribution >= 4 is 11.3 Å². The molecule has 0 radical (unpaired) electrons. The summed E-state index contributed by atoms with van der Waals surface area (Å²) in [4.78, 5) is 2.33. The first-order valence-corrected chi connectivity index (χ1v) is 6.83. The highest BCUT2D eigenvalue weighted by Gasteiger charge is 2.25. The fourth-order valence-corrected chi connectivity index (χ4v) is 3.00. The van der Waals surface area contributed by atoms with E-state index in [-0.39, 0.29) is 0 Å². The Labute approximate surface area is 104 Å². The number of alkyl halides is 2. The Hall–Kier alpha value is -0.520. The normalized spacial score (nSPS) is 21.5. The highest BCUT2D eigenvalue weighted by Crippen LogP contribution is 2.32. The van der Waals surface area contributed by atoms with Crippen molar-refractivity contribution in [2.45, 2.75) is 25.3 Å². The standard InChI is InChI=1S/C12H17F2NOS/c13-12(14)8-16-6-5-15-4-1-2-11(15)10-3-7-17-9-10/h3,7,9,11-12H,1-2,4-6,8H2/t11-/m1/s1. The molecule has 0 aliphatic carbocycles. The van der Waals surface area contributed by atoms with Gasteiger partial charge in [-0.05, 0) is 41.8 Å². The number of rotatable bonds is 6. The van der Waals surface area contributed by atoms with Crippen LogP contribution in [-0.4, -0.2) is 37.6 Å². The Balaban J connectivity index is 1.76. The van der Waals surface area contributed by atoms with Gasteiger partial charge in [-0.25, -0.2) is 8.78 Å². The van der Waals surface area contributed by atoms with Gasteiger partial charge in [0.25, 0.3) is 6.43 Å². The zero-order chi connectivity index (χ0) is 12.1. The van der Waals surface area contributed by atoms with E-state index >= 15 is 0 Å². The van der Waals surface area contributed by atoms with E-state index in [1.165, 1.54) is 12.0 Å². The monoisotopic (exact) mass is 261 g/mol. The molecule has 17 heavy (non-hydrogen) atoms. The summed E-state index contributed by atoms with van der Waals surface area (Å²) in [5.41, 5.74) is 1.35. The molecule has 1 aliphatic rings. The van der Waals surface area contributed by atoms with Crippen LogP contribution in [0.3, 0.4) is 0 Å². The van der Waals surface area contributed by atoms with Crippen LogP contribution in [0, 0.1) is 0 Å². The van der Waals surface area contributed by atoms with Crippen molar-refractivity contribution in [2.24, 2.45) is 0 Å². The predicted octanol–water partition coefficient (Wildman–Crippen LogP) is 3.17. The maximum atomic E-state index is 11.9. The van der Waals surface area contributed by atoms with E-state index < -0.39 is 13.0 Å². The van der Waals surface area contributed by atoms with E-state index in [0.717, 1.165) is 19.5 Å². The molecule has 2 nitrogen and oxygen atoms in total. The fraction of sp³-hybridized carbons (Fsp3) is 0.667. The molecule has 0 unspecified atom stereocenters. The highest BCUT2D eigenvalue weighted by molar-refractivity contribution is 7.07. The van der Waals surface area contributed by atoms with Crippen molar-refractivity contribution in [3.05, 3.63) is 22.4 Å². The number of nitrogens with zero attached hydrogens (tertiary/aromatic N) is 1. The zero-order valence-corrected chi connectivity index (χ0v) is 10.5. The molecule has 0 amide bonds. The Morgan fingerprint density at radius 1 is 1.53 bits per heavy atom. The molecule has 5 heteroatoms. The zero-order valence-electron chi connectivity index (χ0n) is 9.65. The molecule has 1 aromatic rings. The van der Waals surface area contributed by atoms with Gasteiger partial charge in [-0.15, -0.1) is 0 Å². The van der Waals surface area contributed by atoms with Crippen molar-refractivity contribution in [1.82, 2.24) is 4.90 Å². The smallest absolute Gasteiger partial charge is 0.261 e. The third-order valence-electron chi connectivity index (χ3n) is 3.06. The van der Waals surface area contributed by atoms with Gasteiger partial charge in [0.1, 0.15) is 6.61 Å². The summed E-state index contributed by atoms with van der Waals surface area (Å²) in [6.07, 6.45) is -0.0257. The topological polar surface area (TPSA) is 12.5 Å². The van der Waals surface area contributed by atoms with Crippen molar-refractivity contribution in [3.63, 3.8) is 0 Å². The van der Waals surface area contributed by atoms with E-state index in [9.17, 15) is 8.78 Å². The van der Waals surface area contributed by atoms with Crippen molar-refractivity contribution < 1.29 is 13.5 Å². The first-order valence-electron chi connectivity index (χ1n) is 5.89. The van der Waals surface area contributed by atoms with Crippen LogP contribution in [0.25, 0.3) is 0 Å². The molecule has 96 valence electrons. The Morgan fingerprint density at radius 3 is 3.12 bits per heavy atom. The lowest BCUT2D eigenvalue weighted by molar-refractivity contribution is 0.00869. The summed E-state index contributed by atoms with van der Waals surface area (Å²) in [5, 5.41) is 4.25. The van der Waals surface area contributed by atoms with Gasteiger partial charge in [-0.3, -0.25) is 4.90 Å². The number of ether oxygens (including phenoxy) is 1. The van der Waals surface area contributed by atoms with E-state index in [2.05, 4.69) is 21.7 Å². The van der Waals surface area contributed by atoms with E-state index in [0.29, 0.717) is 12.6 Å². The predicted molar refractivity (Wildman–Crippen MR) is 64.7 cm³/mol. The summed E-state index contributed by atoms with van der Waals surface area (Å²) in [5.74, 6) is 0. The van der Waals surface area contributed by atoms with Crippen molar-refractivity contribution in [1.29, 1.82) is 0 Å². The van der Waals surface area contributed by atoms with Gasteiger partial charge in [-0.2, -0.15) is 11.3 Å². The van der Waals surface area contributed by atoms with E-state index in [1.807, 2.05) is 0 Å². The van der Waals surface area contributed by atoms with E-state index in [4.69, 9.17) is 4.74 Å². The SMILES string of the molecule is FC(F)COCCN1CCC[C@@H]1c1ccsc1. The quantitative estimate of drug-likeness (QED) is 0.729. The van der Waals surface area contributed by atoms with Crippen LogP contribution in [0.4, 0.5) is 8.78 Å². The minimum atomic E-state index is -2.36. The van der Waals surface area contributed by atoms with Gasteiger partial charge in [0, 0.05) is 12.6 Å². The van der Waals surface area contributed by atoms with Crippen LogP contribution < -0.4 is 0 Å². The summed E-state index contributed by atoms with van der Waals surface area (Å²) in [7, 11) is 0. The van der Waals surface area contributed by atoms with Gasteiger partial charge < -0.3 is 4.74 Å². The van der Waals surface area contributed by atoms with Gasteiger partial charge in [0.05, 0.1) is 6.61 Å². The highest BCUT2D eigenvalue weighted by atomic mass is 32.1. The lowest BCUT2D eigenvalue weighted by Gasteiger charge is -2.23. The molecule has 1 fully saturated rings. The average Bonchev–Trinajstić information content (AvgIpc) is 2.94. The van der Waals surface area contributed by atoms with Gasteiger partial charge in [0.2, 0.25) is 0 Å². The van der Waals surface area contributed by atoms with E-state index in [1.54, 1.807) is 11.3 Å². The van der Waals surface area contributed by atoms with Crippen LogP contribution in [-0.2, 0) is 4.74 Å². The fourth-order valence-electron chi connectivity index (χ4n) is 2.29. The van der Waals surface area contributed by atoms with Crippen molar-refractivity contribution in [2.75, 3.05) is 26.3 Å². The molecular formula is C12H17F2NOS. The molecule has 0 saturated carbocycles. The molecule has 1 aromatic heterocycles. The van der Waals surface area contributed by atoms with Gasteiger partial charge >= 0.3 is 0 Å². The molecule has 0 spiro atoms. The maximum absolute atomic E-state index is 11.9. The minimum absolute atomic E-state index is 0.394. The molecule has 0 bridgehead atoms. The molecule has 0 aromatic carbocycles. The summed E-state index contributed by atoms with van der Waals surface area (Å²) >= 11 is 1.70. The van der Waals surface area contributed by atoms with Gasteiger partial charge in [0.15, 0.2) is 0 Å². The largest absolute Gasteiger partial charge is 0.374 e. The molecular weight excluding hydrogens is 244 g/mol. The molecule has 1 atom stereocenters. The Kier molecular flexibility index (Phi) is 4.88. The summed E-state index contributed by atoms with van der Waals surface area (Å²) < 4.78 is 28.7. The first kappa shape index (κ1) is 12.9. The summed E-state index contributed by atoms with van der Waals surface area (Å²) in [6.45, 7) is 1.73. The van der Waals surface area contributed by atoms with Crippen LogP contribution in [0.2, 0.25) is 0 Å². The maximum Gasteiger partial charge on any atom is 0.261 e. The average molecular weight is 261 g/mol. The third-order valence-corrected chi connectivity index (χ3v) is 3.76.